The standard InChI is InChI=1S/C6H7ClO2.ClH/c1-5(7)3-4-9-6(2)8;/h3-4H,1H2,2H3;1H. The Labute approximate surface area is 70.9 Å². The molecular weight excluding hydrogens is 175 g/mol. The van der Waals surface area contributed by atoms with Crippen molar-refractivity contribution in [2.24, 2.45) is 0 Å². The number of halogens is 2. The van der Waals surface area contributed by atoms with Crippen LogP contribution in [0.4, 0.5) is 0 Å². The molecule has 0 aromatic rings. The van der Waals surface area contributed by atoms with Crippen molar-refractivity contribution in [1.29, 1.82) is 0 Å². The first kappa shape index (κ1) is 12.2. The number of ether oxygens (including phenoxy) is 1. The molecule has 0 aromatic carbocycles. The highest BCUT2D eigenvalue weighted by molar-refractivity contribution is 6.30. The topological polar surface area (TPSA) is 26.3 Å². The van der Waals surface area contributed by atoms with Gasteiger partial charge in [-0.1, -0.05) is 18.2 Å². The predicted molar refractivity (Wildman–Crippen MR) is 43.1 cm³/mol. The van der Waals surface area contributed by atoms with Gasteiger partial charge in [-0.2, -0.15) is 0 Å². The third-order valence-corrected chi connectivity index (χ3v) is 0.609. The molecule has 2 nitrogen and oxygen atoms in total. The summed E-state index contributed by atoms with van der Waals surface area (Å²) in [6.45, 7) is 4.65. The third-order valence-electron chi connectivity index (χ3n) is 0.483. The van der Waals surface area contributed by atoms with Gasteiger partial charge >= 0.3 is 5.97 Å². The van der Waals surface area contributed by atoms with Crippen molar-refractivity contribution in [3.63, 3.8) is 0 Å². The Morgan fingerprint density at radius 3 is 2.50 bits per heavy atom. The van der Waals surface area contributed by atoms with Crippen LogP contribution in [0.15, 0.2) is 23.9 Å². The van der Waals surface area contributed by atoms with Crippen molar-refractivity contribution in [3.05, 3.63) is 23.9 Å². The van der Waals surface area contributed by atoms with Gasteiger partial charge in [-0.05, 0) is 6.08 Å². The van der Waals surface area contributed by atoms with E-state index in [1.54, 1.807) is 0 Å². The van der Waals surface area contributed by atoms with Gasteiger partial charge in [0.1, 0.15) is 0 Å². The van der Waals surface area contributed by atoms with Crippen molar-refractivity contribution in [2.45, 2.75) is 6.92 Å². The largest absolute Gasteiger partial charge is 0.435 e. The van der Waals surface area contributed by atoms with E-state index in [2.05, 4.69) is 11.3 Å². The van der Waals surface area contributed by atoms with Gasteiger partial charge in [0.25, 0.3) is 0 Å². The van der Waals surface area contributed by atoms with E-state index in [0.29, 0.717) is 5.03 Å². The van der Waals surface area contributed by atoms with E-state index in [1.165, 1.54) is 19.3 Å². The average molecular weight is 183 g/mol. The molecule has 4 heteroatoms. The minimum Gasteiger partial charge on any atom is -0.435 e. The van der Waals surface area contributed by atoms with Gasteiger partial charge in [0.15, 0.2) is 0 Å². The Hall–Kier alpha value is -0.470. The van der Waals surface area contributed by atoms with Crippen LogP contribution in [0.25, 0.3) is 0 Å². The summed E-state index contributed by atoms with van der Waals surface area (Å²) in [6, 6.07) is 0. The molecule has 0 fully saturated rings. The lowest BCUT2D eigenvalue weighted by atomic mass is 10.6. The number of carbonyl (C=O) groups is 1. The monoisotopic (exact) mass is 182 g/mol. The van der Waals surface area contributed by atoms with Gasteiger partial charge in [0, 0.05) is 12.0 Å². The molecule has 0 aliphatic carbocycles. The third kappa shape index (κ3) is 10.5. The van der Waals surface area contributed by atoms with E-state index in [-0.39, 0.29) is 18.4 Å². The predicted octanol–water partition coefficient (Wildman–Crippen LogP) is 2.24. The fourth-order valence-corrected chi connectivity index (χ4v) is 0.255. The number of hydrogen-bond donors (Lipinski definition) is 0. The van der Waals surface area contributed by atoms with Crippen molar-refractivity contribution >= 4 is 30.0 Å². The molecule has 0 unspecified atom stereocenters. The molecule has 0 aromatic heterocycles. The van der Waals surface area contributed by atoms with E-state index in [9.17, 15) is 4.79 Å². The fourth-order valence-electron chi connectivity index (χ4n) is 0.204. The second-order valence-electron chi connectivity index (χ2n) is 1.36. The summed E-state index contributed by atoms with van der Waals surface area (Å²) in [7, 11) is 0. The number of allylic oxidation sites excluding steroid dienone is 2. The lowest BCUT2D eigenvalue weighted by molar-refractivity contribution is -0.135. The summed E-state index contributed by atoms with van der Waals surface area (Å²) in [6.07, 6.45) is 2.58. The summed E-state index contributed by atoms with van der Waals surface area (Å²) < 4.78 is 4.39. The summed E-state index contributed by atoms with van der Waals surface area (Å²) in [4.78, 5) is 10.1. The van der Waals surface area contributed by atoms with Crippen LogP contribution < -0.4 is 0 Å². The molecule has 0 amide bonds. The summed E-state index contributed by atoms with van der Waals surface area (Å²) in [5.41, 5.74) is 0. The smallest absolute Gasteiger partial charge is 0.307 e. The zero-order valence-corrected chi connectivity index (χ0v) is 7.04. The van der Waals surface area contributed by atoms with Crippen LogP contribution in [0.1, 0.15) is 6.92 Å². The van der Waals surface area contributed by atoms with Crippen LogP contribution in [-0.2, 0) is 9.53 Å². The number of rotatable bonds is 2. The Morgan fingerprint density at radius 1 is 1.70 bits per heavy atom. The molecule has 0 rings (SSSR count). The normalized spacial score (nSPS) is 8.60. The van der Waals surface area contributed by atoms with Crippen molar-refractivity contribution in [3.8, 4) is 0 Å². The average Bonchev–Trinajstić information content (AvgIpc) is 1.63. The van der Waals surface area contributed by atoms with Crippen LogP contribution in [0.2, 0.25) is 0 Å². The molecule has 0 spiro atoms. The van der Waals surface area contributed by atoms with E-state index in [1.807, 2.05) is 0 Å². The van der Waals surface area contributed by atoms with Gasteiger partial charge in [0.05, 0.1) is 6.26 Å². The van der Waals surface area contributed by atoms with Gasteiger partial charge in [-0.25, -0.2) is 0 Å². The van der Waals surface area contributed by atoms with E-state index in [4.69, 9.17) is 11.6 Å². The molecule has 0 heterocycles. The molecule has 0 atom stereocenters. The SMILES string of the molecule is C=C(Cl)C=COC(C)=O.Cl. The first-order valence-corrected chi connectivity index (χ1v) is 2.69. The van der Waals surface area contributed by atoms with Crippen LogP contribution in [-0.4, -0.2) is 5.97 Å². The maximum Gasteiger partial charge on any atom is 0.307 e. The number of esters is 1. The fraction of sp³-hybridized carbons (Fsp3) is 0.167. The van der Waals surface area contributed by atoms with Crippen LogP contribution >= 0.6 is 24.0 Å². The molecule has 10 heavy (non-hydrogen) atoms. The lowest BCUT2D eigenvalue weighted by Gasteiger charge is -1.87. The van der Waals surface area contributed by atoms with E-state index < -0.39 is 0 Å². The number of carbonyl (C=O) groups excluding carboxylic acids is 1. The van der Waals surface area contributed by atoms with Gasteiger partial charge in [-0.3, -0.25) is 4.79 Å². The van der Waals surface area contributed by atoms with Gasteiger partial charge in [-0.15, -0.1) is 12.4 Å². The maximum absolute atomic E-state index is 10.1. The first-order chi connectivity index (χ1) is 4.13. The first-order valence-electron chi connectivity index (χ1n) is 2.31. The van der Waals surface area contributed by atoms with E-state index >= 15 is 0 Å². The Kier molecular flexibility index (Phi) is 8.13. The molecule has 58 valence electrons. The molecule has 0 saturated heterocycles. The molecular formula is C6H8Cl2O2. The second kappa shape index (κ2) is 6.65. The van der Waals surface area contributed by atoms with Crippen molar-refractivity contribution in [1.82, 2.24) is 0 Å². The molecule has 0 N–H and O–H groups in total. The van der Waals surface area contributed by atoms with E-state index in [0.717, 1.165) is 0 Å². The number of hydrogen-bond acceptors (Lipinski definition) is 2. The second-order valence-corrected chi connectivity index (χ2v) is 1.84. The Bertz CT molecular complexity index is 152. The zero-order chi connectivity index (χ0) is 7.28. The maximum atomic E-state index is 10.1. The highest BCUT2D eigenvalue weighted by atomic mass is 35.5. The summed E-state index contributed by atoms with van der Waals surface area (Å²) in [5.74, 6) is -0.371. The van der Waals surface area contributed by atoms with Gasteiger partial charge < -0.3 is 4.74 Å². The molecule has 0 bridgehead atoms. The Morgan fingerprint density at radius 2 is 2.20 bits per heavy atom. The minimum absolute atomic E-state index is 0. The molecule has 0 aliphatic heterocycles. The minimum atomic E-state index is -0.371. The van der Waals surface area contributed by atoms with Gasteiger partial charge in [0.2, 0.25) is 0 Å². The van der Waals surface area contributed by atoms with Crippen LogP contribution in [0, 0.1) is 0 Å². The quantitative estimate of drug-likeness (QED) is 0.372. The molecule has 0 aliphatic rings. The highest BCUT2D eigenvalue weighted by Crippen LogP contribution is 1.97. The van der Waals surface area contributed by atoms with Crippen LogP contribution in [0.5, 0.6) is 0 Å². The summed E-state index contributed by atoms with van der Waals surface area (Å²) >= 11 is 5.29. The Balaban J connectivity index is 0. The summed E-state index contributed by atoms with van der Waals surface area (Å²) in [5, 5.41) is 0.330. The van der Waals surface area contributed by atoms with Crippen LogP contribution in [0.3, 0.4) is 0 Å². The zero-order valence-electron chi connectivity index (χ0n) is 5.46. The molecule has 0 radical (unpaired) electrons. The van der Waals surface area contributed by atoms with Crippen molar-refractivity contribution < 1.29 is 9.53 Å². The van der Waals surface area contributed by atoms with Crippen molar-refractivity contribution in [2.75, 3.05) is 0 Å². The highest BCUT2D eigenvalue weighted by Gasteiger charge is 1.83. The lowest BCUT2D eigenvalue weighted by Crippen LogP contribution is -1.88. The molecule has 0 saturated carbocycles.